The zero-order chi connectivity index (χ0) is 24.3. The number of piperazine rings is 1. The van der Waals surface area contributed by atoms with Crippen LogP contribution in [-0.2, 0) is 27.0 Å². The quantitative estimate of drug-likeness (QED) is 0.497. The SMILES string of the molecule is COC(=O)N1CCN(C(=O)/C=C/c2cc[c]c(C(F)(F)F)c2-c2ccc3c(c2)CCOO3)CC1. The number of carbonyl (C=O) groups is 2. The first-order chi connectivity index (χ1) is 16.3. The number of benzene rings is 2. The third-order valence-corrected chi connectivity index (χ3v) is 5.69. The Bertz CT molecular complexity index is 1110. The molecule has 2 aromatic carbocycles. The summed E-state index contributed by atoms with van der Waals surface area (Å²) in [6, 6.07) is 9.72. The van der Waals surface area contributed by atoms with E-state index in [2.05, 4.69) is 10.8 Å². The van der Waals surface area contributed by atoms with Gasteiger partial charge in [-0.05, 0) is 35.4 Å². The number of ether oxygens (including phenoxy) is 1. The number of rotatable bonds is 3. The number of amides is 2. The van der Waals surface area contributed by atoms with Crippen LogP contribution in [0.2, 0.25) is 0 Å². The number of hydrogen-bond acceptors (Lipinski definition) is 5. The first-order valence-corrected chi connectivity index (χ1v) is 10.6. The van der Waals surface area contributed by atoms with Gasteiger partial charge in [-0.2, -0.15) is 18.1 Å². The lowest BCUT2D eigenvalue weighted by molar-refractivity contribution is -0.215. The van der Waals surface area contributed by atoms with E-state index in [1.807, 2.05) is 0 Å². The summed E-state index contributed by atoms with van der Waals surface area (Å²) >= 11 is 0. The first kappa shape index (κ1) is 23.6. The van der Waals surface area contributed by atoms with Gasteiger partial charge in [0, 0.05) is 49.8 Å². The van der Waals surface area contributed by atoms with E-state index in [4.69, 9.17) is 9.78 Å². The molecule has 2 aliphatic rings. The highest BCUT2D eigenvalue weighted by molar-refractivity contribution is 5.93. The van der Waals surface area contributed by atoms with Crippen LogP contribution in [0.15, 0.2) is 36.4 Å². The Kier molecular flexibility index (Phi) is 6.78. The van der Waals surface area contributed by atoms with Crippen molar-refractivity contribution in [2.24, 2.45) is 0 Å². The molecule has 0 N–H and O–H groups in total. The second kappa shape index (κ2) is 9.76. The predicted molar refractivity (Wildman–Crippen MR) is 116 cm³/mol. The van der Waals surface area contributed by atoms with Gasteiger partial charge in [-0.1, -0.05) is 18.2 Å². The Hall–Kier alpha value is -3.53. The van der Waals surface area contributed by atoms with E-state index in [9.17, 15) is 22.8 Å². The van der Waals surface area contributed by atoms with E-state index in [1.165, 1.54) is 47.3 Å². The van der Waals surface area contributed by atoms with Gasteiger partial charge in [-0.15, -0.1) is 0 Å². The Labute approximate surface area is 194 Å². The molecule has 2 heterocycles. The number of alkyl halides is 3. The molecule has 0 atom stereocenters. The lowest BCUT2D eigenvalue weighted by Gasteiger charge is -2.33. The fourth-order valence-electron chi connectivity index (χ4n) is 3.96. The van der Waals surface area contributed by atoms with Crippen molar-refractivity contribution in [3.05, 3.63) is 59.2 Å². The third kappa shape index (κ3) is 5.01. The maximum Gasteiger partial charge on any atom is 0.417 e. The van der Waals surface area contributed by atoms with Crippen LogP contribution in [0.3, 0.4) is 0 Å². The van der Waals surface area contributed by atoms with E-state index < -0.39 is 17.8 Å². The molecule has 1 saturated heterocycles. The van der Waals surface area contributed by atoms with Gasteiger partial charge in [-0.25, -0.2) is 4.79 Å². The first-order valence-electron chi connectivity index (χ1n) is 10.6. The normalized spacial score (nSPS) is 16.2. The van der Waals surface area contributed by atoms with Crippen LogP contribution in [0, 0.1) is 6.07 Å². The summed E-state index contributed by atoms with van der Waals surface area (Å²) in [6.07, 6.45) is -1.96. The average Bonchev–Trinajstić information content (AvgIpc) is 2.85. The minimum atomic E-state index is -4.64. The standard InChI is InChI=1S/C24H22F3N2O5/c1-32-23(31)29-12-10-28(11-13-29)21(30)8-6-16-3-2-4-19(24(25,26)27)22(16)18-5-7-20-17(15-18)9-14-33-34-20/h2-3,5-8,15H,9-14H2,1H3/b8-6+. The molecule has 2 amide bonds. The molecule has 4 rings (SSSR count). The van der Waals surface area contributed by atoms with Crippen LogP contribution >= 0.6 is 0 Å². The molecule has 2 aliphatic heterocycles. The highest BCUT2D eigenvalue weighted by Gasteiger charge is 2.35. The fourth-order valence-corrected chi connectivity index (χ4v) is 3.96. The van der Waals surface area contributed by atoms with Gasteiger partial charge in [0.15, 0.2) is 5.75 Å². The van der Waals surface area contributed by atoms with Gasteiger partial charge in [0.2, 0.25) is 5.91 Å². The van der Waals surface area contributed by atoms with Crippen molar-refractivity contribution in [1.29, 1.82) is 0 Å². The summed E-state index contributed by atoms with van der Waals surface area (Å²) in [5.74, 6) is 0.106. The summed E-state index contributed by atoms with van der Waals surface area (Å²) in [5, 5.41) is 0. The zero-order valence-corrected chi connectivity index (χ0v) is 18.4. The van der Waals surface area contributed by atoms with Crippen molar-refractivity contribution in [3.63, 3.8) is 0 Å². The Morgan fingerprint density at radius 2 is 1.85 bits per heavy atom. The van der Waals surface area contributed by atoms with Gasteiger partial charge >= 0.3 is 12.3 Å². The molecule has 0 saturated carbocycles. The zero-order valence-electron chi connectivity index (χ0n) is 18.4. The van der Waals surface area contributed by atoms with E-state index >= 15 is 0 Å². The monoisotopic (exact) mass is 475 g/mol. The van der Waals surface area contributed by atoms with Gasteiger partial charge in [0.05, 0.1) is 19.3 Å². The molecule has 179 valence electrons. The summed E-state index contributed by atoms with van der Waals surface area (Å²) in [5.41, 5.74) is 0.327. The summed E-state index contributed by atoms with van der Waals surface area (Å²) in [7, 11) is 1.29. The van der Waals surface area contributed by atoms with Crippen molar-refractivity contribution in [2.75, 3.05) is 39.9 Å². The van der Waals surface area contributed by atoms with E-state index in [0.29, 0.717) is 50.5 Å². The van der Waals surface area contributed by atoms with Crippen molar-refractivity contribution in [2.45, 2.75) is 12.6 Å². The summed E-state index contributed by atoms with van der Waals surface area (Å²) in [4.78, 5) is 37.3. The highest BCUT2D eigenvalue weighted by Crippen LogP contribution is 2.40. The molecule has 0 aromatic heterocycles. The molecule has 1 fully saturated rings. The van der Waals surface area contributed by atoms with Gasteiger partial charge in [0.1, 0.15) is 0 Å². The molecular weight excluding hydrogens is 453 g/mol. The van der Waals surface area contributed by atoms with Crippen molar-refractivity contribution < 1.29 is 37.3 Å². The second-order valence-corrected chi connectivity index (χ2v) is 7.77. The fraction of sp³-hybridized carbons (Fsp3) is 0.333. The minimum absolute atomic E-state index is 0.0659. The van der Waals surface area contributed by atoms with Crippen molar-refractivity contribution >= 4 is 18.1 Å². The Balaban J connectivity index is 1.62. The lowest BCUT2D eigenvalue weighted by atomic mass is 9.92. The van der Waals surface area contributed by atoms with Crippen LogP contribution < -0.4 is 4.89 Å². The Morgan fingerprint density at radius 1 is 1.12 bits per heavy atom. The van der Waals surface area contributed by atoms with Crippen LogP contribution in [0.4, 0.5) is 18.0 Å². The molecular formula is C24H22F3N2O5. The molecule has 0 unspecified atom stereocenters. The Morgan fingerprint density at radius 3 is 2.56 bits per heavy atom. The van der Waals surface area contributed by atoms with Crippen LogP contribution in [0.5, 0.6) is 5.75 Å². The van der Waals surface area contributed by atoms with Crippen LogP contribution in [0.25, 0.3) is 17.2 Å². The van der Waals surface area contributed by atoms with E-state index in [-0.39, 0.29) is 17.0 Å². The van der Waals surface area contributed by atoms with Gasteiger partial charge < -0.3 is 19.4 Å². The minimum Gasteiger partial charge on any atom is -0.453 e. The number of hydrogen-bond donors (Lipinski definition) is 0. The third-order valence-electron chi connectivity index (χ3n) is 5.69. The number of nitrogens with zero attached hydrogens (tertiary/aromatic N) is 2. The van der Waals surface area contributed by atoms with Crippen molar-refractivity contribution in [3.8, 4) is 16.9 Å². The molecule has 7 nitrogen and oxygen atoms in total. The smallest absolute Gasteiger partial charge is 0.417 e. The molecule has 0 aliphatic carbocycles. The van der Waals surface area contributed by atoms with E-state index in [0.717, 1.165) is 5.56 Å². The van der Waals surface area contributed by atoms with Crippen molar-refractivity contribution in [1.82, 2.24) is 9.80 Å². The van der Waals surface area contributed by atoms with Gasteiger partial charge in [0.25, 0.3) is 0 Å². The molecule has 1 radical (unpaired) electrons. The topological polar surface area (TPSA) is 68.3 Å². The molecule has 0 bridgehead atoms. The largest absolute Gasteiger partial charge is 0.453 e. The maximum atomic E-state index is 13.9. The number of halogens is 3. The number of carbonyl (C=O) groups excluding carboxylic acids is 2. The number of methoxy groups -OCH3 is 1. The lowest BCUT2D eigenvalue weighted by Crippen LogP contribution is -2.50. The number of fused-ring (bicyclic) bond motifs is 1. The maximum absolute atomic E-state index is 13.9. The van der Waals surface area contributed by atoms with Crippen LogP contribution in [0.1, 0.15) is 16.7 Å². The molecule has 2 aromatic rings. The van der Waals surface area contributed by atoms with Crippen LogP contribution in [-0.4, -0.2) is 61.7 Å². The summed E-state index contributed by atoms with van der Waals surface area (Å²) in [6.45, 7) is 1.53. The predicted octanol–water partition coefficient (Wildman–Crippen LogP) is 3.96. The average molecular weight is 475 g/mol. The summed E-state index contributed by atoms with van der Waals surface area (Å²) < 4.78 is 46.2. The van der Waals surface area contributed by atoms with Gasteiger partial charge in [-0.3, -0.25) is 4.79 Å². The highest BCUT2D eigenvalue weighted by atomic mass is 19.4. The molecule has 10 heteroatoms. The molecule has 34 heavy (non-hydrogen) atoms. The van der Waals surface area contributed by atoms with E-state index in [1.54, 1.807) is 12.1 Å². The molecule has 0 spiro atoms. The second-order valence-electron chi connectivity index (χ2n) is 7.77.